The number of halogens is 1. The van der Waals surface area contributed by atoms with Crippen molar-refractivity contribution in [2.24, 2.45) is 0 Å². The number of carbonyl (C=O) groups excluding carboxylic acids is 1. The van der Waals surface area contributed by atoms with Crippen LogP contribution in [0.4, 0.5) is 4.53 Å². The number of hydrogen-bond acceptors (Lipinski definition) is 6. The molecule has 1 saturated heterocycles. The predicted molar refractivity (Wildman–Crippen MR) is 158 cm³/mol. The van der Waals surface area contributed by atoms with Crippen molar-refractivity contribution in [3.05, 3.63) is 89.7 Å². The number of likely N-dealkylation sites (tertiary alicyclic amines) is 1. The first-order chi connectivity index (χ1) is 20.2. The summed E-state index contributed by atoms with van der Waals surface area (Å²) in [5.41, 5.74) is 4.30. The van der Waals surface area contributed by atoms with Gasteiger partial charge in [-0.1, -0.05) is 49.0 Å². The van der Waals surface area contributed by atoms with E-state index in [2.05, 4.69) is 33.2 Å². The lowest BCUT2D eigenvalue weighted by atomic mass is 10.0. The molecule has 0 aromatic carbocycles. The zero-order valence-electron chi connectivity index (χ0n) is 23.6. The van der Waals surface area contributed by atoms with Gasteiger partial charge in [-0.15, -0.1) is 0 Å². The minimum Gasteiger partial charge on any atom is -0.477 e. The fourth-order valence-electron chi connectivity index (χ4n) is 5.49. The number of fused-ring (bicyclic) bond motifs is 1. The third-order valence-electron chi connectivity index (χ3n) is 7.78. The second-order valence-corrected chi connectivity index (χ2v) is 10.7. The Kier molecular flexibility index (Phi) is 9.80. The van der Waals surface area contributed by atoms with E-state index in [-0.39, 0.29) is 0 Å². The second-order valence-electron chi connectivity index (χ2n) is 10.7. The molecular weight excluding hydrogens is 521 g/mol. The quantitative estimate of drug-likeness (QED) is 0.389. The fourth-order valence-corrected chi connectivity index (χ4v) is 5.49. The number of aromatic nitrogens is 4. The first kappa shape index (κ1) is 28.5. The maximum Gasteiger partial charge on any atom is 0.220 e. The average molecular weight is 560 g/mol. The summed E-state index contributed by atoms with van der Waals surface area (Å²) in [5.74, 6) is 1.06. The van der Waals surface area contributed by atoms with Crippen LogP contribution in [0.3, 0.4) is 0 Å². The molecule has 9 heteroatoms. The minimum atomic E-state index is 0.314. The van der Waals surface area contributed by atoms with E-state index in [1.807, 2.05) is 64.2 Å². The maximum absolute atomic E-state index is 12.2. The third-order valence-corrected chi connectivity index (χ3v) is 7.78. The van der Waals surface area contributed by atoms with Crippen LogP contribution in [-0.4, -0.2) is 57.0 Å². The summed E-state index contributed by atoms with van der Waals surface area (Å²) in [4.78, 5) is 17.5. The molecule has 2 aliphatic carbocycles. The Bertz CT molecular complexity index is 1390. The molecule has 0 saturated carbocycles. The van der Waals surface area contributed by atoms with E-state index in [1.165, 1.54) is 25.8 Å². The molecule has 0 bridgehead atoms. The molecule has 1 atom stereocenters. The van der Waals surface area contributed by atoms with Gasteiger partial charge in [0, 0.05) is 35.3 Å². The predicted octanol–water partition coefficient (Wildman–Crippen LogP) is 6.26. The van der Waals surface area contributed by atoms with Crippen molar-refractivity contribution in [1.29, 1.82) is 0 Å². The van der Waals surface area contributed by atoms with Gasteiger partial charge in [0.15, 0.2) is 12.0 Å². The van der Waals surface area contributed by atoms with Crippen molar-refractivity contribution in [1.82, 2.24) is 24.5 Å². The highest BCUT2D eigenvalue weighted by Crippen LogP contribution is 2.34. The molecule has 216 valence electrons. The lowest BCUT2D eigenvalue weighted by Gasteiger charge is -2.32. The Labute approximate surface area is 240 Å². The summed E-state index contributed by atoms with van der Waals surface area (Å²) in [6, 6.07) is 2.57. The van der Waals surface area contributed by atoms with Gasteiger partial charge in [-0.25, -0.2) is 4.68 Å². The number of nitrogens with zero attached hydrogens (tertiary/aromatic N) is 5. The van der Waals surface area contributed by atoms with Gasteiger partial charge < -0.3 is 9.64 Å². The molecular formula is C32H38FN5O3. The Morgan fingerprint density at radius 2 is 1.95 bits per heavy atom. The van der Waals surface area contributed by atoms with Crippen LogP contribution in [0.25, 0.3) is 11.1 Å². The van der Waals surface area contributed by atoms with Crippen molar-refractivity contribution in [3.8, 4) is 5.88 Å². The Morgan fingerprint density at radius 3 is 2.80 bits per heavy atom. The van der Waals surface area contributed by atoms with Gasteiger partial charge in [0.25, 0.3) is 0 Å². The highest BCUT2D eigenvalue weighted by atomic mass is 19.3. The van der Waals surface area contributed by atoms with Crippen molar-refractivity contribution in [2.75, 3.05) is 20.2 Å². The standard InChI is InChI=1S/C17H22FN3O.C15H16N2O2/c1-20-11-3-2-6-15(20)13-21-12-10-17(19-21)14-5-4-7-16(22-18)9-8-14;18-11-13-14(12-7-3-1-2-4-8-12)15-17(16-13)9-5-6-10-19-15/h4-5,8-10,12,15H,2-3,6-7,11,13H2,1H3;1-4,7,11H,5-6,8-10H2/t15-;/m0./s1. The van der Waals surface area contributed by atoms with E-state index in [1.54, 1.807) is 6.08 Å². The Hall–Kier alpha value is -3.98. The molecule has 1 fully saturated rings. The summed E-state index contributed by atoms with van der Waals surface area (Å²) in [5, 5.41) is 9.03. The molecule has 41 heavy (non-hydrogen) atoms. The van der Waals surface area contributed by atoms with Gasteiger partial charge >= 0.3 is 0 Å². The first-order valence-electron chi connectivity index (χ1n) is 14.5. The highest BCUT2D eigenvalue weighted by molar-refractivity contribution is 5.86. The Morgan fingerprint density at radius 1 is 1.05 bits per heavy atom. The summed E-state index contributed by atoms with van der Waals surface area (Å²) >= 11 is 0. The van der Waals surface area contributed by atoms with Crippen LogP contribution in [0.2, 0.25) is 0 Å². The normalized spacial score (nSPS) is 20.6. The molecule has 2 aromatic heterocycles. The monoisotopic (exact) mass is 559 g/mol. The lowest BCUT2D eigenvalue weighted by Crippen LogP contribution is -2.39. The number of allylic oxidation sites excluding steroid dienone is 11. The molecule has 0 spiro atoms. The van der Waals surface area contributed by atoms with Crippen LogP contribution in [-0.2, 0) is 18.0 Å². The Balaban J connectivity index is 0.000000166. The van der Waals surface area contributed by atoms with Crippen LogP contribution in [0.15, 0.2) is 72.7 Å². The van der Waals surface area contributed by atoms with Crippen molar-refractivity contribution >= 4 is 17.4 Å². The smallest absolute Gasteiger partial charge is 0.220 e. The van der Waals surface area contributed by atoms with E-state index in [4.69, 9.17) is 4.74 Å². The topological polar surface area (TPSA) is 74.4 Å². The van der Waals surface area contributed by atoms with Gasteiger partial charge in [-0.2, -0.15) is 10.2 Å². The maximum atomic E-state index is 12.2. The molecule has 2 aliphatic heterocycles. The third kappa shape index (κ3) is 7.21. The van der Waals surface area contributed by atoms with Crippen LogP contribution in [0, 0.1) is 0 Å². The minimum absolute atomic E-state index is 0.314. The lowest BCUT2D eigenvalue weighted by molar-refractivity contribution is -0.0847. The molecule has 0 unspecified atom stereocenters. The number of aryl methyl sites for hydroxylation is 1. The van der Waals surface area contributed by atoms with Gasteiger partial charge in [-0.3, -0.25) is 14.4 Å². The highest BCUT2D eigenvalue weighted by Gasteiger charge is 2.23. The molecule has 8 nitrogen and oxygen atoms in total. The van der Waals surface area contributed by atoms with Crippen LogP contribution < -0.4 is 4.74 Å². The largest absolute Gasteiger partial charge is 0.477 e. The van der Waals surface area contributed by atoms with Crippen molar-refractivity contribution in [2.45, 2.75) is 64.1 Å². The zero-order valence-corrected chi connectivity index (χ0v) is 23.6. The van der Waals surface area contributed by atoms with Crippen molar-refractivity contribution < 1.29 is 19.0 Å². The number of carbonyl (C=O) groups is 1. The molecule has 0 amide bonds. The number of aldehydes is 1. The first-order valence-corrected chi connectivity index (χ1v) is 14.5. The average Bonchev–Trinajstić information content (AvgIpc) is 3.26. The van der Waals surface area contributed by atoms with Crippen LogP contribution in [0.1, 0.15) is 66.7 Å². The summed E-state index contributed by atoms with van der Waals surface area (Å²) in [6.45, 7) is 3.59. The van der Waals surface area contributed by atoms with E-state index >= 15 is 0 Å². The second kappa shape index (κ2) is 14.1. The van der Waals surface area contributed by atoms with E-state index in [9.17, 15) is 9.32 Å². The molecule has 4 aliphatic rings. The summed E-state index contributed by atoms with van der Waals surface area (Å²) < 4.78 is 21.9. The van der Waals surface area contributed by atoms with Crippen molar-refractivity contribution in [3.63, 3.8) is 0 Å². The van der Waals surface area contributed by atoms with E-state index < -0.39 is 0 Å². The van der Waals surface area contributed by atoms with Gasteiger partial charge in [0.2, 0.25) is 5.88 Å². The molecule has 6 rings (SSSR count). The van der Waals surface area contributed by atoms with Crippen LogP contribution >= 0.6 is 0 Å². The van der Waals surface area contributed by atoms with Gasteiger partial charge in [0.1, 0.15) is 5.69 Å². The summed E-state index contributed by atoms with van der Waals surface area (Å²) in [7, 11) is 2.19. The SMILES string of the molecule is CN1CCCC[C@H]1Cn1ccc(C2=CC=C(OF)CC=C2)n1.O=Cc1nn2c(c1C1=CC=CC=CC1)OCCCC2. The summed E-state index contributed by atoms with van der Waals surface area (Å²) in [6.07, 6.45) is 27.4. The number of hydrogen-bond donors (Lipinski definition) is 0. The van der Waals surface area contributed by atoms with Crippen LogP contribution in [0.5, 0.6) is 5.88 Å². The van der Waals surface area contributed by atoms with Gasteiger partial charge in [0.05, 0.1) is 24.4 Å². The zero-order chi connectivity index (χ0) is 28.4. The number of rotatable bonds is 6. The number of ether oxygens (including phenoxy) is 1. The molecule has 0 radical (unpaired) electrons. The molecule has 0 N–H and O–H groups in total. The van der Waals surface area contributed by atoms with E-state index in [0.29, 0.717) is 30.5 Å². The number of piperidine rings is 1. The van der Waals surface area contributed by atoms with Gasteiger partial charge in [-0.05, 0) is 69.5 Å². The molecule has 2 aromatic rings. The van der Waals surface area contributed by atoms with E-state index in [0.717, 1.165) is 66.9 Å². The number of likely N-dealkylation sites (N-methyl/N-ethyl adjacent to an activating group) is 1. The molecule has 4 heterocycles. The fraction of sp³-hybridized carbons (Fsp3) is 0.406.